The highest BCUT2D eigenvalue weighted by atomic mass is 16.5. The van der Waals surface area contributed by atoms with Crippen LogP contribution in [0, 0.1) is 0 Å². The first kappa shape index (κ1) is 12.2. The first-order valence-electron chi connectivity index (χ1n) is 5.93. The number of aliphatic carboxylic acids is 1. The molecule has 0 saturated carbocycles. The molecular formula is C15H10O5. The van der Waals surface area contributed by atoms with E-state index in [-0.39, 0.29) is 11.3 Å². The fourth-order valence-corrected chi connectivity index (χ4v) is 2.22. The lowest BCUT2D eigenvalue weighted by Crippen LogP contribution is -2.34. The van der Waals surface area contributed by atoms with Crippen molar-refractivity contribution in [3.63, 3.8) is 0 Å². The third-order valence-electron chi connectivity index (χ3n) is 3.21. The van der Waals surface area contributed by atoms with Crippen molar-refractivity contribution in [2.75, 3.05) is 0 Å². The second kappa shape index (κ2) is 4.38. The molecule has 1 heterocycles. The van der Waals surface area contributed by atoms with Crippen LogP contribution in [0.5, 0.6) is 0 Å². The zero-order chi connectivity index (χ0) is 14.3. The fourth-order valence-electron chi connectivity index (χ4n) is 2.22. The minimum Gasteiger partial charge on any atom is -0.478 e. The minimum absolute atomic E-state index is 0.124. The van der Waals surface area contributed by atoms with E-state index in [1.807, 2.05) is 6.08 Å². The van der Waals surface area contributed by atoms with Crippen molar-refractivity contribution < 1.29 is 24.5 Å². The van der Waals surface area contributed by atoms with Gasteiger partial charge in [0.2, 0.25) is 5.76 Å². The van der Waals surface area contributed by atoms with Gasteiger partial charge in [0.1, 0.15) is 6.10 Å². The van der Waals surface area contributed by atoms with Gasteiger partial charge in [-0.15, -0.1) is 0 Å². The Morgan fingerprint density at radius 3 is 2.55 bits per heavy atom. The van der Waals surface area contributed by atoms with Crippen molar-refractivity contribution in [1.82, 2.24) is 0 Å². The van der Waals surface area contributed by atoms with E-state index >= 15 is 0 Å². The molecule has 1 unspecified atom stereocenters. The molecule has 1 aromatic carbocycles. The van der Waals surface area contributed by atoms with Crippen molar-refractivity contribution in [2.45, 2.75) is 6.10 Å². The Morgan fingerprint density at radius 1 is 1.05 bits per heavy atom. The van der Waals surface area contributed by atoms with Crippen LogP contribution < -0.4 is 10.4 Å². The highest BCUT2D eigenvalue weighted by molar-refractivity contribution is 5.88. The Kier molecular flexibility index (Phi) is 2.68. The molecular weight excluding hydrogens is 260 g/mol. The molecule has 5 heteroatoms. The monoisotopic (exact) mass is 270 g/mol. The Bertz CT molecular complexity index is 798. The molecule has 3 rings (SSSR count). The number of carboxylic acid groups (broad SMARTS) is 2. The highest BCUT2D eigenvalue weighted by Crippen LogP contribution is 2.21. The molecule has 0 fully saturated rings. The van der Waals surface area contributed by atoms with Crippen LogP contribution in [0.3, 0.4) is 0 Å². The number of hydrogen-bond donors (Lipinski definition) is 2. The number of aromatic carboxylic acids is 1. The lowest BCUT2D eigenvalue weighted by Gasteiger charge is -2.22. The van der Waals surface area contributed by atoms with Crippen LogP contribution in [-0.4, -0.2) is 28.3 Å². The van der Waals surface area contributed by atoms with Gasteiger partial charge in [0.15, 0.2) is 0 Å². The number of rotatable bonds is 2. The van der Waals surface area contributed by atoms with Gasteiger partial charge >= 0.3 is 11.9 Å². The van der Waals surface area contributed by atoms with Crippen LogP contribution in [-0.2, 0) is 9.53 Å². The highest BCUT2D eigenvalue weighted by Gasteiger charge is 2.22. The fraction of sp³-hybridized carbons (Fsp3) is 0.0667. The van der Waals surface area contributed by atoms with E-state index in [0.717, 1.165) is 16.0 Å². The molecule has 0 aromatic heterocycles. The molecule has 0 saturated heterocycles. The number of carbonyl (C=O) groups is 2. The van der Waals surface area contributed by atoms with Gasteiger partial charge in [0.25, 0.3) is 0 Å². The molecule has 5 nitrogen and oxygen atoms in total. The normalized spacial score (nSPS) is 19.1. The standard InChI is InChI=1S/C15H10O5/c16-14(17)10-2-1-8-5-9-3-4-12(15(18)19)20-13(9)7-11(8)6-10/h1-7,13H,(H,16,17)(H,18,19). The minimum atomic E-state index is -1.13. The number of ether oxygens (including phenoxy) is 1. The maximum Gasteiger partial charge on any atom is 0.371 e. The van der Waals surface area contributed by atoms with Crippen LogP contribution in [0.4, 0.5) is 0 Å². The Balaban J connectivity index is 2.11. The van der Waals surface area contributed by atoms with Crippen LogP contribution >= 0.6 is 0 Å². The van der Waals surface area contributed by atoms with Gasteiger partial charge in [0.05, 0.1) is 5.56 Å². The Morgan fingerprint density at radius 2 is 1.85 bits per heavy atom. The molecule has 20 heavy (non-hydrogen) atoms. The van der Waals surface area contributed by atoms with E-state index in [1.165, 1.54) is 12.1 Å². The number of fused-ring (bicyclic) bond motifs is 2. The molecule has 1 aromatic rings. The van der Waals surface area contributed by atoms with Gasteiger partial charge in [-0.2, -0.15) is 0 Å². The molecule has 1 aliphatic heterocycles. The molecule has 2 aliphatic rings. The average molecular weight is 270 g/mol. The van der Waals surface area contributed by atoms with Crippen molar-refractivity contribution >= 4 is 24.1 Å². The predicted molar refractivity (Wildman–Crippen MR) is 70.3 cm³/mol. The van der Waals surface area contributed by atoms with Crippen molar-refractivity contribution in [2.24, 2.45) is 0 Å². The summed E-state index contributed by atoms with van der Waals surface area (Å²) < 4.78 is 5.37. The number of benzene rings is 1. The summed E-state index contributed by atoms with van der Waals surface area (Å²) in [5.74, 6) is -2.25. The SMILES string of the molecule is O=C(O)C1=CC=C2C=c3ccc(C(=O)O)cc3=CC2O1. The summed E-state index contributed by atoms with van der Waals surface area (Å²) >= 11 is 0. The summed E-state index contributed by atoms with van der Waals surface area (Å²) in [4.78, 5) is 21.9. The van der Waals surface area contributed by atoms with E-state index in [9.17, 15) is 9.59 Å². The van der Waals surface area contributed by atoms with Gasteiger partial charge < -0.3 is 14.9 Å². The van der Waals surface area contributed by atoms with E-state index in [0.29, 0.717) is 0 Å². The summed E-state index contributed by atoms with van der Waals surface area (Å²) in [6.45, 7) is 0. The van der Waals surface area contributed by atoms with Crippen LogP contribution in [0.25, 0.3) is 12.2 Å². The summed E-state index contributed by atoms with van der Waals surface area (Å²) in [5, 5.41) is 19.5. The lowest BCUT2D eigenvalue weighted by molar-refractivity contribution is -0.136. The van der Waals surface area contributed by atoms with Crippen molar-refractivity contribution in [3.8, 4) is 0 Å². The van der Waals surface area contributed by atoms with E-state index in [4.69, 9.17) is 14.9 Å². The number of carboxylic acids is 2. The van der Waals surface area contributed by atoms with Crippen LogP contribution in [0.1, 0.15) is 10.4 Å². The molecule has 0 radical (unpaired) electrons. The maximum absolute atomic E-state index is 11.0. The third kappa shape index (κ3) is 1.99. The van der Waals surface area contributed by atoms with Crippen molar-refractivity contribution in [3.05, 3.63) is 57.7 Å². The second-order valence-corrected chi connectivity index (χ2v) is 4.50. The molecule has 100 valence electrons. The van der Waals surface area contributed by atoms with E-state index < -0.39 is 18.0 Å². The summed E-state index contributed by atoms with van der Waals surface area (Å²) in [6.07, 6.45) is 6.20. The molecule has 0 spiro atoms. The summed E-state index contributed by atoms with van der Waals surface area (Å²) in [6, 6.07) is 4.81. The molecule has 2 N–H and O–H groups in total. The van der Waals surface area contributed by atoms with Gasteiger partial charge in [-0.05, 0) is 46.4 Å². The van der Waals surface area contributed by atoms with Crippen LogP contribution in [0.15, 0.2) is 41.7 Å². The quantitative estimate of drug-likeness (QED) is 0.805. The lowest BCUT2D eigenvalue weighted by atomic mass is 9.97. The molecule has 0 amide bonds. The maximum atomic E-state index is 11.0. The van der Waals surface area contributed by atoms with Gasteiger partial charge in [0, 0.05) is 0 Å². The van der Waals surface area contributed by atoms with Gasteiger partial charge in [-0.25, -0.2) is 9.59 Å². The molecule has 1 atom stereocenters. The molecule has 0 bridgehead atoms. The third-order valence-corrected chi connectivity index (χ3v) is 3.21. The summed E-state index contributed by atoms with van der Waals surface area (Å²) in [7, 11) is 0. The zero-order valence-corrected chi connectivity index (χ0v) is 10.2. The molecule has 1 aliphatic carbocycles. The van der Waals surface area contributed by atoms with Crippen LogP contribution in [0.2, 0.25) is 0 Å². The second-order valence-electron chi connectivity index (χ2n) is 4.50. The average Bonchev–Trinajstić information content (AvgIpc) is 2.43. The largest absolute Gasteiger partial charge is 0.478 e. The van der Waals surface area contributed by atoms with Crippen molar-refractivity contribution in [1.29, 1.82) is 0 Å². The van der Waals surface area contributed by atoms with E-state index in [1.54, 1.807) is 24.3 Å². The van der Waals surface area contributed by atoms with E-state index in [2.05, 4.69) is 0 Å². The number of allylic oxidation sites excluding steroid dienone is 2. The topological polar surface area (TPSA) is 83.8 Å². The first-order chi connectivity index (χ1) is 9.54. The smallest absolute Gasteiger partial charge is 0.371 e. The Hall–Kier alpha value is -2.82. The van der Waals surface area contributed by atoms with Gasteiger partial charge in [-0.1, -0.05) is 12.1 Å². The number of hydrogen-bond acceptors (Lipinski definition) is 3. The predicted octanol–water partition coefficient (Wildman–Crippen LogP) is 0.253. The Labute approximate surface area is 113 Å². The summed E-state index contributed by atoms with van der Waals surface area (Å²) in [5.41, 5.74) is 1.02. The first-order valence-corrected chi connectivity index (χ1v) is 5.93. The van der Waals surface area contributed by atoms with Gasteiger partial charge in [-0.3, -0.25) is 0 Å². The zero-order valence-electron chi connectivity index (χ0n) is 10.2.